The number of para-hydroxylation sites is 1. The van der Waals surface area contributed by atoms with E-state index in [1.54, 1.807) is 4.57 Å². The molecule has 1 fully saturated rings. The standard InChI is InChI=1S/C26H26N4O3S3/c1-3-33-19-12-10-18(11-13-19)29-23-22(36-26(29)34)24(32)30(20-9-5-4-8-17(20)2)25(27-23)35-16-21(31)28-14-6-7-15-28/h4-5,8-13H,3,6-7,14-16H2,1-2H3. The second-order valence-corrected chi connectivity index (χ2v) is 11.1. The normalized spacial score (nSPS) is 13.4. The van der Waals surface area contributed by atoms with Gasteiger partial charge in [0.15, 0.2) is 14.8 Å². The summed E-state index contributed by atoms with van der Waals surface area (Å²) in [7, 11) is 0. The monoisotopic (exact) mass is 538 g/mol. The summed E-state index contributed by atoms with van der Waals surface area (Å²) in [5.74, 6) is 1.05. The van der Waals surface area contributed by atoms with E-state index < -0.39 is 0 Å². The Morgan fingerprint density at radius 3 is 2.53 bits per heavy atom. The molecule has 10 heteroatoms. The molecule has 36 heavy (non-hydrogen) atoms. The summed E-state index contributed by atoms with van der Waals surface area (Å²) >= 11 is 8.22. The number of amides is 1. The van der Waals surface area contributed by atoms with Gasteiger partial charge in [0.05, 0.1) is 18.0 Å². The van der Waals surface area contributed by atoms with Crippen molar-refractivity contribution in [1.82, 2.24) is 19.0 Å². The van der Waals surface area contributed by atoms with E-state index in [9.17, 15) is 9.59 Å². The molecule has 1 aliphatic rings. The van der Waals surface area contributed by atoms with Crippen molar-refractivity contribution < 1.29 is 9.53 Å². The van der Waals surface area contributed by atoms with Gasteiger partial charge in [-0.2, -0.15) is 0 Å². The van der Waals surface area contributed by atoms with Crippen molar-refractivity contribution in [3.8, 4) is 17.1 Å². The molecule has 4 aromatic rings. The van der Waals surface area contributed by atoms with Gasteiger partial charge in [-0.1, -0.05) is 41.3 Å². The number of likely N-dealkylation sites (tertiary alicyclic amines) is 1. The van der Waals surface area contributed by atoms with Crippen LogP contribution in [0.5, 0.6) is 5.75 Å². The molecule has 0 bridgehead atoms. The molecule has 2 aromatic heterocycles. The first-order valence-corrected chi connectivity index (χ1v) is 14.1. The summed E-state index contributed by atoms with van der Waals surface area (Å²) < 4.78 is 10.0. The Kier molecular flexibility index (Phi) is 7.27. The van der Waals surface area contributed by atoms with E-state index in [1.807, 2.05) is 71.8 Å². The Balaban J connectivity index is 1.65. The highest BCUT2D eigenvalue weighted by molar-refractivity contribution is 7.99. The minimum absolute atomic E-state index is 0.0665. The molecule has 0 unspecified atom stereocenters. The van der Waals surface area contributed by atoms with Crippen LogP contribution in [0.15, 0.2) is 58.5 Å². The fraction of sp³-hybridized carbons (Fsp3) is 0.308. The molecular formula is C26H26N4O3S3. The van der Waals surface area contributed by atoms with E-state index in [2.05, 4.69) is 0 Å². The Hall–Kier alpha value is -2.95. The average Bonchev–Trinajstić information content (AvgIpc) is 3.53. The highest BCUT2D eigenvalue weighted by Gasteiger charge is 2.23. The summed E-state index contributed by atoms with van der Waals surface area (Å²) in [4.78, 5) is 33.5. The molecule has 2 aromatic carbocycles. The molecule has 3 heterocycles. The number of hydrogen-bond acceptors (Lipinski definition) is 7. The molecular weight excluding hydrogens is 513 g/mol. The molecule has 1 amide bonds. The first-order valence-electron chi connectivity index (χ1n) is 11.9. The average molecular weight is 539 g/mol. The molecule has 0 saturated carbocycles. The molecule has 0 N–H and O–H groups in total. The predicted octanol–water partition coefficient (Wildman–Crippen LogP) is 5.39. The maximum atomic E-state index is 13.9. The number of rotatable bonds is 7. The van der Waals surface area contributed by atoms with Gasteiger partial charge in [0.1, 0.15) is 10.4 Å². The number of fused-ring (bicyclic) bond motifs is 1. The van der Waals surface area contributed by atoms with Crippen LogP contribution in [0.4, 0.5) is 0 Å². The number of thiazole rings is 1. The topological polar surface area (TPSA) is 69.4 Å². The van der Waals surface area contributed by atoms with Gasteiger partial charge in [0.25, 0.3) is 5.56 Å². The first kappa shape index (κ1) is 24.7. The zero-order valence-corrected chi connectivity index (χ0v) is 22.5. The smallest absolute Gasteiger partial charge is 0.278 e. The van der Waals surface area contributed by atoms with Gasteiger partial charge in [-0.15, -0.1) is 0 Å². The number of carbonyl (C=O) groups excluding carboxylic acids is 1. The maximum Gasteiger partial charge on any atom is 0.278 e. The molecule has 186 valence electrons. The molecule has 0 aliphatic carbocycles. The third kappa shape index (κ3) is 4.72. The van der Waals surface area contributed by atoms with Gasteiger partial charge in [0, 0.05) is 18.8 Å². The summed E-state index contributed by atoms with van der Waals surface area (Å²) in [6.45, 7) is 6.06. The van der Waals surface area contributed by atoms with Crippen LogP contribution < -0.4 is 10.3 Å². The van der Waals surface area contributed by atoms with Crippen LogP contribution in [-0.4, -0.2) is 50.4 Å². The van der Waals surface area contributed by atoms with Crippen LogP contribution in [0, 0.1) is 10.9 Å². The SMILES string of the molecule is CCOc1ccc(-n2c(=S)sc3c(=O)n(-c4ccccc4C)c(SCC(=O)N4CCCC4)nc32)cc1. The first-order chi connectivity index (χ1) is 17.5. The van der Waals surface area contributed by atoms with Gasteiger partial charge >= 0.3 is 0 Å². The number of ether oxygens (including phenoxy) is 1. The maximum absolute atomic E-state index is 13.9. The van der Waals surface area contributed by atoms with E-state index in [0.717, 1.165) is 48.6 Å². The Morgan fingerprint density at radius 2 is 1.83 bits per heavy atom. The van der Waals surface area contributed by atoms with Crippen LogP contribution in [0.2, 0.25) is 0 Å². The number of nitrogens with zero attached hydrogens (tertiary/aromatic N) is 4. The third-order valence-corrected chi connectivity index (χ3v) is 8.40. The van der Waals surface area contributed by atoms with E-state index >= 15 is 0 Å². The van der Waals surface area contributed by atoms with Gasteiger partial charge in [-0.05, 0) is 74.8 Å². The highest BCUT2D eigenvalue weighted by Crippen LogP contribution is 2.29. The molecule has 1 saturated heterocycles. The summed E-state index contributed by atoms with van der Waals surface area (Å²) in [6, 6.07) is 15.3. The molecule has 1 aliphatic heterocycles. The van der Waals surface area contributed by atoms with Gasteiger partial charge in [0.2, 0.25) is 5.91 Å². The van der Waals surface area contributed by atoms with E-state index in [1.165, 1.54) is 23.1 Å². The highest BCUT2D eigenvalue weighted by atomic mass is 32.2. The molecule has 5 rings (SSSR count). The lowest BCUT2D eigenvalue weighted by Crippen LogP contribution is -2.30. The zero-order chi connectivity index (χ0) is 25.2. The van der Waals surface area contributed by atoms with Crippen LogP contribution >= 0.6 is 35.3 Å². The fourth-order valence-corrected chi connectivity index (χ4v) is 6.53. The Labute approximate surface area is 222 Å². The predicted molar refractivity (Wildman–Crippen MR) is 148 cm³/mol. The lowest BCUT2D eigenvalue weighted by atomic mass is 10.2. The van der Waals surface area contributed by atoms with Gasteiger partial charge in [-0.3, -0.25) is 18.7 Å². The number of hydrogen-bond donors (Lipinski definition) is 0. The molecule has 0 atom stereocenters. The van der Waals surface area contributed by atoms with Crippen molar-refractivity contribution in [3.63, 3.8) is 0 Å². The molecule has 0 spiro atoms. The fourth-order valence-electron chi connectivity index (χ4n) is 4.33. The van der Waals surface area contributed by atoms with Gasteiger partial charge in [-0.25, -0.2) is 4.98 Å². The van der Waals surface area contributed by atoms with E-state index in [4.69, 9.17) is 21.9 Å². The number of aromatic nitrogens is 3. The quantitative estimate of drug-likeness (QED) is 0.179. The summed E-state index contributed by atoms with van der Waals surface area (Å²) in [6.07, 6.45) is 2.07. The minimum Gasteiger partial charge on any atom is -0.494 e. The lowest BCUT2D eigenvalue weighted by Gasteiger charge is -2.17. The second kappa shape index (κ2) is 10.6. The summed E-state index contributed by atoms with van der Waals surface area (Å²) in [5.41, 5.74) is 2.81. The van der Waals surface area contributed by atoms with Crippen LogP contribution in [0.25, 0.3) is 21.7 Å². The Morgan fingerprint density at radius 1 is 1.11 bits per heavy atom. The number of aryl methyl sites for hydroxylation is 1. The number of thioether (sulfide) groups is 1. The number of carbonyl (C=O) groups is 1. The van der Waals surface area contributed by atoms with Crippen molar-refractivity contribution in [2.75, 3.05) is 25.4 Å². The van der Waals surface area contributed by atoms with E-state index in [0.29, 0.717) is 26.1 Å². The second-order valence-electron chi connectivity index (χ2n) is 8.48. The third-order valence-electron chi connectivity index (χ3n) is 6.12. The lowest BCUT2D eigenvalue weighted by molar-refractivity contribution is -0.127. The van der Waals surface area contributed by atoms with Crippen molar-refractivity contribution in [3.05, 3.63) is 68.4 Å². The molecule has 7 nitrogen and oxygen atoms in total. The van der Waals surface area contributed by atoms with Crippen LogP contribution in [0.1, 0.15) is 25.3 Å². The zero-order valence-electron chi connectivity index (χ0n) is 20.1. The van der Waals surface area contributed by atoms with Gasteiger partial charge < -0.3 is 9.64 Å². The molecule has 0 radical (unpaired) electrons. The van der Waals surface area contributed by atoms with Crippen LogP contribution in [-0.2, 0) is 4.79 Å². The van der Waals surface area contributed by atoms with Crippen molar-refractivity contribution in [1.29, 1.82) is 0 Å². The van der Waals surface area contributed by atoms with E-state index in [-0.39, 0.29) is 17.2 Å². The minimum atomic E-state index is -0.189. The summed E-state index contributed by atoms with van der Waals surface area (Å²) in [5, 5.41) is 0.474. The van der Waals surface area contributed by atoms with Crippen molar-refractivity contribution in [2.24, 2.45) is 0 Å². The van der Waals surface area contributed by atoms with Crippen molar-refractivity contribution >= 4 is 51.6 Å². The van der Waals surface area contributed by atoms with Crippen molar-refractivity contribution in [2.45, 2.75) is 31.8 Å². The van der Waals surface area contributed by atoms with Crippen LogP contribution in [0.3, 0.4) is 0 Å². The largest absolute Gasteiger partial charge is 0.494 e. The Bertz CT molecular complexity index is 1530. The number of benzene rings is 2.